The summed E-state index contributed by atoms with van der Waals surface area (Å²) in [6.45, 7) is 8.45. The van der Waals surface area contributed by atoms with Crippen molar-refractivity contribution in [1.82, 2.24) is 0 Å². The quantitative estimate of drug-likeness (QED) is 0.0810. The minimum absolute atomic E-state index is 0.123. The molecule has 0 N–H and O–H groups in total. The molecule has 2 fully saturated rings. The molecule has 0 spiro atoms. The zero-order chi connectivity index (χ0) is 39.2. The molecule has 10 heteroatoms. The molecule has 2 bridgehead atoms. The van der Waals surface area contributed by atoms with E-state index in [9.17, 15) is 32.3 Å². The van der Waals surface area contributed by atoms with E-state index < -0.39 is 46.4 Å². The Balaban J connectivity index is 1.21. The molecule has 5 unspecified atom stereocenters. The number of alkyl halides is 3. The molecule has 0 saturated heterocycles. The van der Waals surface area contributed by atoms with Crippen molar-refractivity contribution in [2.24, 2.45) is 28.1 Å². The normalized spacial score (nSPS) is 20.4. The van der Waals surface area contributed by atoms with E-state index in [0.717, 1.165) is 48.8 Å². The van der Waals surface area contributed by atoms with Crippen molar-refractivity contribution in [3.8, 4) is 5.75 Å². The van der Waals surface area contributed by atoms with Crippen molar-refractivity contribution >= 4 is 45.2 Å². The Kier molecular flexibility index (Phi) is 10.5. The van der Waals surface area contributed by atoms with Gasteiger partial charge in [-0.1, -0.05) is 54.6 Å². The second-order valence-electron chi connectivity index (χ2n) is 16.9. The maximum Gasteiger partial charge on any atom is 0.425 e. The van der Waals surface area contributed by atoms with Gasteiger partial charge >= 0.3 is 24.1 Å². The van der Waals surface area contributed by atoms with E-state index >= 15 is 0 Å². The Bertz CT molecular complexity index is 2100. The topological polar surface area (TPSA) is 96.0 Å². The van der Waals surface area contributed by atoms with E-state index in [1.54, 1.807) is 57.2 Å². The van der Waals surface area contributed by atoms with Gasteiger partial charge in [-0.3, -0.25) is 19.2 Å². The molecule has 6 rings (SSSR count). The van der Waals surface area contributed by atoms with Crippen LogP contribution in [-0.2, 0) is 23.9 Å². The van der Waals surface area contributed by atoms with Crippen molar-refractivity contribution in [3.63, 3.8) is 0 Å². The van der Waals surface area contributed by atoms with Crippen LogP contribution in [0.4, 0.5) is 13.2 Å². The van der Waals surface area contributed by atoms with Crippen molar-refractivity contribution in [2.45, 2.75) is 98.5 Å². The fourth-order valence-electron chi connectivity index (χ4n) is 8.47. The third-order valence-corrected chi connectivity index (χ3v) is 11.2. The lowest BCUT2D eigenvalue weighted by atomic mass is 9.66. The van der Waals surface area contributed by atoms with E-state index in [1.807, 2.05) is 42.5 Å². The SMILES string of the molecule is CC(OC(=O)C(C)(C)CC(C)(CC(C)(C)C(=O)Oc1ccc2ccc(C(=O)c3ccc4ccccc4c3)cc2c1)C(=O)OC1CC2CCC1C2)C(F)(F)F. The largest absolute Gasteiger partial charge is 0.462 e. The molecular formula is C44H47F3O7. The van der Waals surface area contributed by atoms with Crippen LogP contribution in [0.2, 0.25) is 0 Å². The number of ketones is 1. The van der Waals surface area contributed by atoms with Crippen LogP contribution in [0.5, 0.6) is 5.75 Å². The Morgan fingerprint density at radius 2 is 1.26 bits per heavy atom. The van der Waals surface area contributed by atoms with E-state index in [0.29, 0.717) is 22.4 Å². The molecule has 2 aliphatic carbocycles. The minimum Gasteiger partial charge on any atom is -0.462 e. The maximum atomic E-state index is 14.1. The first-order valence-corrected chi connectivity index (χ1v) is 18.5. The smallest absolute Gasteiger partial charge is 0.425 e. The summed E-state index contributed by atoms with van der Waals surface area (Å²) in [5.74, 6) is -1.58. The molecule has 0 radical (unpaired) electrons. The summed E-state index contributed by atoms with van der Waals surface area (Å²) in [4.78, 5) is 54.6. The molecule has 4 aromatic rings. The van der Waals surface area contributed by atoms with Gasteiger partial charge in [0, 0.05) is 11.1 Å². The van der Waals surface area contributed by atoms with Crippen molar-refractivity contribution < 1.29 is 46.6 Å². The van der Waals surface area contributed by atoms with E-state index in [-0.39, 0.29) is 36.4 Å². The first kappa shape index (κ1) is 39.0. The van der Waals surface area contributed by atoms with Crippen LogP contribution in [0.25, 0.3) is 21.5 Å². The summed E-state index contributed by atoms with van der Waals surface area (Å²) < 4.78 is 56.7. The van der Waals surface area contributed by atoms with Gasteiger partial charge in [-0.15, -0.1) is 0 Å². The molecule has 2 saturated carbocycles. The van der Waals surface area contributed by atoms with Crippen LogP contribution in [0.1, 0.15) is 96.0 Å². The molecule has 5 atom stereocenters. The Labute approximate surface area is 313 Å². The standard InChI is InChI=1S/C44H47F3O7/c1-26(44(45,46)47)52-38(49)41(2,3)24-43(6,40(51)54-36-20-27-11-12-31(36)19-27)25-42(4,5)39(50)53-35-18-17-29-14-16-33(22-34(29)23-35)37(48)32-15-13-28-9-7-8-10-30(28)21-32/h7-10,13-18,21-23,26-27,31,36H,11-12,19-20,24-25H2,1-6H3. The summed E-state index contributed by atoms with van der Waals surface area (Å²) >= 11 is 0. The summed E-state index contributed by atoms with van der Waals surface area (Å²) in [5, 5.41) is 3.49. The molecule has 7 nitrogen and oxygen atoms in total. The highest BCUT2D eigenvalue weighted by atomic mass is 19.4. The Hall–Kier alpha value is -4.73. The number of carbonyl (C=O) groups is 4. The van der Waals surface area contributed by atoms with Crippen LogP contribution in [-0.4, -0.2) is 42.1 Å². The van der Waals surface area contributed by atoms with Gasteiger partial charge < -0.3 is 14.2 Å². The maximum absolute atomic E-state index is 14.1. The van der Waals surface area contributed by atoms with Gasteiger partial charge in [0.2, 0.25) is 0 Å². The summed E-state index contributed by atoms with van der Waals surface area (Å²) in [5.41, 5.74) is -3.31. The van der Waals surface area contributed by atoms with Crippen molar-refractivity contribution in [1.29, 1.82) is 0 Å². The van der Waals surface area contributed by atoms with Gasteiger partial charge in [0.25, 0.3) is 0 Å². The number of carbonyl (C=O) groups excluding carboxylic acids is 4. The molecule has 0 aromatic heterocycles. The first-order valence-electron chi connectivity index (χ1n) is 18.5. The van der Waals surface area contributed by atoms with Gasteiger partial charge in [0.05, 0.1) is 16.2 Å². The summed E-state index contributed by atoms with van der Waals surface area (Å²) in [6.07, 6.45) is -3.98. The number of benzene rings is 4. The fourth-order valence-corrected chi connectivity index (χ4v) is 8.47. The Morgan fingerprint density at radius 3 is 1.85 bits per heavy atom. The molecule has 0 aliphatic heterocycles. The highest BCUT2D eigenvalue weighted by molar-refractivity contribution is 6.12. The van der Waals surface area contributed by atoms with Gasteiger partial charge in [0.15, 0.2) is 11.9 Å². The first-order chi connectivity index (χ1) is 25.2. The zero-order valence-corrected chi connectivity index (χ0v) is 31.5. The number of hydrogen-bond donors (Lipinski definition) is 0. The van der Waals surface area contributed by atoms with Crippen LogP contribution in [0, 0.1) is 28.1 Å². The number of ether oxygens (including phenoxy) is 3. The number of hydrogen-bond acceptors (Lipinski definition) is 7. The van der Waals surface area contributed by atoms with Crippen molar-refractivity contribution in [2.75, 3.05) is 0 Å². The molecule has 54 heavy (non-hydrogen) atoms. The molecule has 0 heterocycles. The molecule has 2 aliphatic rings. The van der Waals surface area contributed by atoms with E-state index in [2.05, 4.69) is 0 Å². The second-order valence-corrected chi connectivity index (χ2v) is 16.9. The number of halogens is 3. The monoisotopic (exact) mass is 744 g/mol. The van der Waals surface area contributed by atoms with E-state index in [4.69, 9.17) is 14.2 Å². The van der Waals surface area contributed by atoms with Gasteiger partial charge in [-0.05, 0) is 138 Å². The van der Waals surface area contributed by atoms with Crippen LogP contribution < -0.4 is 4.74 Å². The molecule has 286 valence electrons. The Morgan fingerprint density at radius 1 is 0.685 bits per heavy atom. The predicted octanol–water partition coefficient (Wildman–Crippen LogP) is 10.2. The molecular weight excluding hydrogens is 697 g/mol. The lowest BCUT2D eigenvalue weighted by Crippen LogP contribution is -2.46. The second kappa shape index (κ2) is 14.5. The fraction of sp³-hybridized carbons (Fsp3) is 0.455. The minimum atomic E-state index is -4.75. The molecule has 0 amide bonds. The average Bonchev–Trinajstić information content (AvgIpc) is 3.73. The third kappa shape index (κ3) is 8.32. The van der Waals surface area contributed by atoms with Crippen LogP contribution in [0.3, 0.4) is 0 Å². The zero-order valence-electron chi connectivity index (χ0n) is 31.5. The third-order valence-electron chi connectivity index (χ3n) is 11.2. The van der Waals surface area contributed by atoms with E-state index in [1.165, 1.54) is 13.8 Å². The van der Waals surface area contributed by atoms with Gasteiger partial charge in [-0.2, -0.15) is 13.2 Å². The van der Waals surface area contributed by atoms with Gasteiger partial charge in [-0.25, -0.2) is 0 Å². The van der Waals surface area contributed by atoms with Gasteiger partial charge in [0.1, 0.15) is 11.9 Å². The molecule has 4 aromatic carbocycles. The lowest BCUT2D eigenvalue weighted by Gasteiger charge is -2.40. The number of rotatable bonds is 12. The average molecular weight is 745 g/mol. The number of esters is 3. The highest BCUT2D eigenvalue weighted by Gasteiger charge is 2.52. The highest BCUT2D eigenvalue weighted by Crippen LogP contribution is 2.49. The summed E-state index contributed by atoms with van der Waals surface area (Å²) in [6, 6.07) is 23.8. The van der Waals surface area contributed by atoms with Crippen LogP contribution in [0.15, 0.2) is 78.9 Å². The van der Waals surface area contributed by atoms with Crippen LogP contribution >= 0.6 is 0 Å². The summed E-state index contributed by atoms with van der Waals surface area (Å²) in [7, 11) is 0. The predicted molar refractivity (Wildman–Crippen MR) is 199 cm³/mol. The lowest BCUT2D eigenvalue weighted by molar-refractivity contribution is -0.222. The van der Waals surface area contributed by atoms with Crippen molar-refractivity contribution in [3.05, 3.63) is 90.0 Å². The number of fused-ring (bicyclic) bond motifs is 4.